The van der Waals surface area contributed by atoms with E-state index in [0.717, 1.165) is 52.2 Å². The quantitative estimate of drug-likeness (QED) is 0.556. The summed E-state index contributed by atoms with van der Waals surface area (Å²) in [5.41, 5.74) is 11.8. The number of aryl methyl sites for hydroxylation is 1. The highest BCUT2D eigenvalue weighted by Gasteiger charge is 2.31. The third kappa shape index (κ3) is 4.91. The Balaban J connectivity index is 1.48. The van der Waals surface area contributed by atoms with Gasteiger partial charge in [-0.2, -0.15) is 0 Å². The third-order valence-electron chi connectivity index (χ3n) is 6.98. The summed E-state index contributed by atoms with van der Waals surface area (Å²) in [7, 11) is 0. The molecule has 2 aromatic heterocycles. The fraction of sp³-hybridized carbons (Fsp3) is 0.370. The van der Waals surface area contributed by atoms with Gasteiger partial charge >= 0.3 is 0 Å². The molecule has 1 fully saturated rings. The largest absolute Gasteiger partial charge is 0.392 e. The van der Waals surface area contributed by atoms with Crippen LogP contribution in [0.3, 0.4) is 0 Å². The number of hydrogen-bond acceptors (Lipinski definition) is 7. The topological polar surface area (TPSA) is 107 Å². The van der Waals surface area contributed by atoms with Crippen molar-refractivity contribution in [2.24, 2.45) is 5.16 Å². The van der Waals surface area contributed by atoms with Crippen LogP contribution in [-0.2, 0) is 16.1 Å². The number of carbonyl (C=O) groups is 1. The van der Waals surface area contributed by atoms with E-state index in [1.54, 1.807) is 25.4 Å². The van der Waals surface area contributed by atoms with E-state index in [4.69, 9.17) is 10.6 Å². The first-order valence-corrected chi connectivity index (χ1v) is 12.2. The molecule has 1 amide bonds. The van der Waals surface area contributed by atoms with Gasteiger partial charge in [0.15, 0.2) is 0 Å². The van der Waals surface area contributed by atoms with Crippen LogP contribution in [0.2, 0.25) is 0 Å². The molecule has 2 aliphatic rings. The van der Waals surface area contributed by atoms with E-state index in [9.17, 15) is 9.18 Å². The molecular weight excluding hydrogens is 459 g/mol. The minimum absolute atomic E-state index is 0.0103. The van der Waals surface area contributed by atoms with E-state index in [2.05, 4.69) is 20.1 Å². The number of anilines is 1. The monoisotopic (exact) mass is 488 g/mol. The number of nitrogen functional groups attached to an aromatic ring is 1. The lowest BCUT2D eigenvalue weighted by atomic mass is 9.78. The van der Waals surface area contributed by atoms with Crippen LogP contribution < -0.4 is 5.73 Å². The number of aromatic nitrogens is 3. The molecule has 1 atom stereocenters. The van der Waals surface area contributed by atoms with Crippen molar-refractivity contribution in [2.75, 3.05) is 18.8 Å². The molecule has 186 valence electrons. The summed E-state index contributed by atoms with van der Waals surface area (Å²) in [6, 6.07) is 8.65. The molecular formula is C27H29FN6O2. The molecule has 1 aliphatic heterocycles. The fourth-order valence-corrected chi connectivity index (χ4v) is 5.19. The van der Waals surface area contributed by atoms with E-state index < -0.39 is 0 Å². The van der Waals surface area contributed by atoms with Crippen molar-refractivity contribution in [3.05, 3.63) is 71.1 Å². The molecule has 0 saturated carbocycles. The van der Waals surface area contributed by atoms with Gasteiger partial charge in [0, 0.05) is 62.8 Å². The zero-order chi connectivity index (χ0) is 25.2. The second-order valence-corrected chi connectivity index (χ2v) is 9.42. The number of fused-ring (bicyclic) bond motifs is 1. The van der Waals surface area contributed by atoms with Crippen molar-refractivity contribution in [1.29, 1.82) is 0 Å². The summed E-state index contributed by atoms with van der Waals surface area (Å²) >= 11 is 0. The van der Waals surface area contributed by atoms with Crippen LogP contribution in [0.25, 0.3) is 11.1 Å². The molecule has 1 saturated heterocycles. The molecule has 5 rings (SSSR count). The molecule has 3 aromatic rings. The standard InChI is InChI=1S/C27H29FN6O2/c1-16-26-24(32-27(29)31-16)12-19(13-25(26)33-36-21-7-10-34(11-8-21)17(2)35)22-6-5-20(28)14-23(22)18-4-3-9-30-15-18/h3-6,9,14-15,19,21H,7-8,10-13H2,1-2H3,(H2,29,31,32). The van der Waals surface area contributed by atoms with Crippen LogP contribution in [0.1, 0.15) is 54.6 Å². The number of rotatable bonds is 4. The maximum absolute atomic E-state index is 14.3. The molecule has 8 nitrogen and oxygen atoms in total. The number of nitrogens with zero attached hydrogens (tertiary/aromatic N) is 5. The van der Waals surface area contributed by atoms with Crippen LogP contribution in [0.5, 0.6) is 0 Å². The first kappa shape index (κ1) is 23.8. The predicted octanol–water partition coefficient (Wildman–Crippen LogP) is 4.03. The van der Waals surface area contributed by atoms with Gasteiger partial charge in [-0.15, -0.1) is 0 Å². The van der Waals surface area contributed by atoms with Crippen molar-refractivity contribution in [3.63, 3.8) is 0 Å². The molecule has 0 radical (unpaired) electrons. The number of halogens is 1. The van der Waals surface area contributed by atoms with E-state index in [1.165, 1.54) is 6.07 Å². The Hall–Kier alpha value is -3.88. The highest BCUT2D eigenvalue weighted by Crippen LogP contribution is 2.38. The summed E-state index contributed by atoms with van der Waals surface area (Å²) in [5, 5.41) is 4.61. The third-order valence-corrected chi connectivity index (χ3v) is 6.98. The van der Waals surface area contributed by atoms with Crippen molar-refractivity contribution >= 4 is 17.6 Å². The average molecular weight is 489 g/mol. The van der Waals surface area contributed by atoms with Crippen LogP contribution >= 0.6 is 0 Å². The Kier molecular flexibility index (Phi) is 6.63. The maximum atomic E-state index is 14.3. The zero-order valence-corrected chi connectivity index (χ0v) is 20.4. The molecule has 36 heavy (non-hydrogen) atoms. The summed E-state index contributed by atoms with van der Waals surface area (Å²) in [6.07, 6.45) is 6.04. The molecule has 0 spiro atoms. The van der Waals surface area contributed by atoms with Gasteiger partial charge in [0.2, 0.25) is 11.9 Å². The Morgan fingerprint density at radius 3 is 2.72 bits per heavy atom. The average Bonchev–Trinajstić information content (AvgIpc) is 2.87. The lowest BCUT2D eigenvalue weighted by molar-refractivity contribution is -0.131. The van der Waals surface area contributed by atoms with Gasteiger partial charge < -0.3 is 15.5 Å². The molecule has 2 N–H and O–H groups in total. The van der Waals surface area contributed by atoms with Crippen LogP contribution in [0, 0.1) is 12.7 Å². The second-order valence-electron chi connectivity index (χ2n) is 9.42. The Labute approximate surface area is 209 Å². The fourth-order valence-electron chi connectivity index (χ4n) is 5.19. The van der Waals surface area contributed by atoms with E-state index in [1.807, 2.05) is 30.0 Å². The van der Waals surface area contributed by atoms with Gasteiger partial charge in [-0.25, -0.2) is 14.4 Å². The number of hydrogen-bond donors (Lipinski definition) is 1. The maximum Gasteiger partial charge on any atom is 0.220 e. The number of carbonyl (C=O) groups excluding carboxylic acids is 1. The summed E-state index contributed by atoms with van der Waals surface area (Å²) in [4.78, 5) is 32.6. The van der Waals surface area contributed by atoms with Crippen molar-refractivity contribution in [2.45, 2.75) is 51.6 Å². The Morgan fingerprint density at radius 1 is 1.19 bits per heavy atom. The van der Waals surface area contributed by atoms with E-state index in [0.29, 0.717) is 25.9 Å². The van der Waals surface area contributed by atoms with E-state index in [-0.39, 0.29) is 29.7 Å². The van der Waals surface area contributed by atoms with Gasteiger partial charge in [-0.3, -0.25) is 9.78 Å². The molecule has 1 unspecified atom stereocenters. The number of piperidine rings is 1. The van der Waals surface area contributed by atoms with Crippen molar-refractivity contribution in [3.8, 4) is 11.1 Å². The first-order valence-electron chi connectivity index (χ1n) is 12.2. The number of benzene rings is 1. The lowest BCUT2D eigenvalue weighted by Gasteiger charge is -2.31. The summed E-state index contributed by atoms with van der Waals surface area (Å²) < 4.78 is 14.3. The predicted molar refractivity (Wildman–Crippen MR) is 135 cm³/mol. The first-order chi connectivity index (χ1) is 17.4. The van der Waals surface area contributed by atoms with Crippen LogP contribution in [-0.4, -0.2) is 50.7 Å². The molecule has 1 aromatic carbocycles. The number of oxime groups is 1. The van der Waals surface area contributed by atoms with Crippen molar-refractivity contribution < 1.29 is 14.0 Å². The minimum Gasteiger partial charge on any atom is -0.392 e. The van der Waals surface area contributed by atoms with Crippen molar-refractivity contribution in [1.82, 2.24) is 19.9 Å². The number of likely N-dealkylation sites (tertiary alicyclic amines) is 1. The summed E-state index contributed by atoms with van der Waals surface area (Å²) in [5.74, 6) is -0.0116. The Morgan fingerprint density at radius 2 is 2.00 bits per heavy atom. The zero-order valence-electron chi connectivity index (χ0n) is 20.4. The van der Waals surface area contributed by atoms with Gasteiger partial charge in [-0.1, -0.05) is 17.3 Å². The number of nitrogens with two attached hydrogens (primary N) is 1. The van der Waals surface area contributed by atoms with Crippen LogP contribution in [0.4, 0.5) is 10.3 Å². The SMILES string of the molecule is CC(=O)N1CCC(ON=C2CC(c3ccc(F)cc3-c3cccnc3)Cc3nc(N)nc(C)c32)CC1. The molecule has 3 heterocycles. The molecule has 9 heteroatoms. The van der Waals surface area contributed by atoms with Crippen LogP contribution in [0.15, 0.2) is 47.9 Å². The highest BCUT2D eigenvalue weighted by atomic mass is 19.1. The van der Waals surface area contributed by atoms with Gasteiger partial charge in [-0.05, 0) is 48.6 Å². The van der Waals surface area contributed by atoms with Gasteiger partial charge in [0.1, 0.15) is 11.9 Å². The lowest BCUT2D eigenvalue weighted by Crippen LogP contribution is -2.39. The molecule has 1 aliphatic carbocycles. The highest BCUT2D eigenvalue weighted by molar-refractivity contribution is 6.03. The normalized spacial score (nSPS) is 19.2. The summed E-state index contributed by atoms with van der Waals surface area (Å²) in [6.45, 7) is 4.81. The second kappa shape index (κ2) is 10.0. The van der Waals surface area contributed by atoms with Gasteiger partial charge in [0.25, 0.3) is 0 Å². The van der Waals surface area contributed by atoms with Gasteiger partial charge in [0.05, 0.1) is 17.1 Å². The minimum atomic E-state index is -0.301. The Bertz CT molecular complexity index is 1310. The van der Waals surface area contributed by atoms with E-state index >= 15 is 0 Å². The smallest absolute Gasteiger partial charge is 0.220 e. The number of amides is 1. The number of pyridine rings is 1. The molecule has 0 bridgehead atoms.